The number of benzene rings is 1. The number of nitrogens with two attached hydrogens (primary N) is 1. The number of rotatable bonds is 5. The Morgan fingerprint density at radius 3 is 2.50 bits per heavy atom. The number of aliphatic hydroxyl groups excluding tert-OH is 2. The molecular weight excluding hydrogens is 304 g/mol. The Bertz CT molecular complexity index is 543. The first-order valence-corrected chi connectivity index (χ1v) is 7.24. The Hall–Kier alpha value is -1.70. The molecule has 0 saturated heterocycles. The summed E-state index contributed by atoms with van der Waals surface area (Å²) in [6, 6.07) is 6.72. The van der Waals surface area contributed by atoms with Crippen molar-refractivity contribution >= 4 is 23.3 Å². The number of nitrogens with one attached hydrogen (secondary N) is 1. The van der Waals surface area contributed by atoms with Crippen molar-refractivity contribution in [1.29, 1.82) is 0 Å². The first kappa shape index (κ1) is 18.3. The van der Waals surface area contributed by atoms with E-state index in [2.05, 4.69) is 5.32 Å². The maximum Gasteiger partial charge on any atom is 0.407 e. The van der Waals surface area contributed by atoms with Crippen molar-refractivity contribution in [3.63, 3.8) is 0 Å². The number of amides is 1. The zero-order valence-corrected chi connectivity index (χ0v) is 13.7. The number of aliphatic hydroxyl groups is 2. The lowest BCUT2D eigenvalue weighted by Crippen LogP contribution is -2.39. The van der Waals surface area contributed by atoms with Crippen LogP contribution in [-0.4, -0.2) is 39.5 Å². The Morgan fingerprint density at radius 1 is 1.36 bits per heavy atom. The summed E-state index contributed by atoms with van der Waals surface area (Å²) in [5.74, 6) is 0. The fourth-order valence-electron chi connectivity index (χ4n) is 1.80. The highest BCUT2D eigenvalue weighted by Gasteiger charge is 2.23. The van der Waals surface area contributed by atoms with E-state index in [0.29, 0.717) is 11.1 Å². The van der Waals surface area contributed by atoms with Gasteiger partial charge >= 0.3 is 6.09 Å². The molecule has 0 saturated carbocycles. The smallest absolute Gasteiger partial charge is 0.407 e. The second kappa shape index (κ2) is 7.53. The number of carbonyl (C=O) groups excluding carboxylic acids is 1. The lowest BCUT2D eigenvalue weighted by Gasteiger charge is -2.23. The molecule has 0 radical (unpaired) electrons. The van der Waals surface area contributed by atoms with E-state index in [-0.39, 0.29) is 11.5 Å². The van der Waals surface area contributed by atoms with E-state index >= 15 is 0 Å². The summed E-state index contributed by atoms with van der Waals surface area (Å²) >= 11 is 4.92. The van der Waals surface area contributed by atoms with Gasteiger partial charge in [-0.15, -0.1) is 0 Å². The maximum absolute atomic E-state index is 11.5. The zero-order chi connectivity index (χ0) is 16.9. The summed E-state index contributed by atoms with van der Waals surface area (Å²) in [6.45, 7) is 5.03. The Balaban J connectivity index is 2.68. The number of carbonyl (C=O) groups is 1. The molecule has 0 aliphatic rings. The first-order valence-electron chi connectivity index (χ1n) is 6.83. The van der Waals surface area contributed by atoms with Gasteiger partial charge in [-0.2, -0.15) is 0 Å². The normalized spacial score (nSPS) is 14.0. The Morgan fingerprint density at radius 2 is 1.95 bits per heavy atom. The van der Waals surface area contributed by atoms with Crippen molar-refractivity contribution in [1.82, 2.24) is 5.32 Å². The second-order valence-electron chi connectivity index (χ2n) is 5.85. The van der Waals surface area contributed by atoms with Crippen molar-refractivity contribution < 1.29 is 19.7 Å². The van der Waals surface area contributed by atoms with Crippen molar-refractivity contribution in [3.8, 4) is 0 Å². The number of hydrogen-bond donors (Lipinski definition) is 4. The third-order valence-electron chi connectivity index (χ3n) is 2.76. The largest absolute Gasteiger partial charge is 0.444 e. The van der Waals surface area contributed by atoms with Crippen LogP contribution in [0.4, 0.5) is 4.79 Å². The quantitative estimate of drug-likeness (QED) is 0.607. The van der Waals surface area contributed by atoms with Gasteiger partial charge in [0.1, 0.15) is 22.8 Å². The van der Waals surface area contributed by atoms with Gasteiger partial charge in [0.2, 0.25) is 0 Å². The molecule has 1 aromatic rings. The molecule has 0 aliphatic carbocycles. The van der Waals surface area contributed by atoms with Gasteiger partial charge in [0.15, 0.2) is 0 Å². The predicted octanol–water partition coefficient (Wildman–Crippen LogP) is 1.24. The predicted molar refractivity (Wildman–Crippen MR) is 87.5 cm³/mol. The van der Waals surface area contributed by atoms with Crippen LogP contribution in [0.25, 0.3) is 0 Å². The van der Waals surface area contributed by atoms with E-state index in [1.807, 2.05) is 0 Å². The summed E-state index contributed by atoms with van der Waals surface area (Å²) in [4.78, 5) is 11.7. The third-order valence-corrected chi connectivity index (χ3v) is 2.98. The number of ether oxygens (including phenoxy) is 1. The maximum atomic E-state index is 11.5. The van der Waals surface area contributed by atoms with E-state index < -0.39 is 23.9 Å². The highest BCUT2D eigenvalue weighted by molar-refractivity contribution is 7.80. The molecule has 6 nitrogen and oxygen atoms in total. The first-order chi connectivity index (χ1) is 10.1. The number of alkyl carbamates (subject to hydrolysis) is 1. The molecule has 0 aromatic heterocycles. The minimum absolute atomic E-state index is 0.127. The van der Waals surface area contributed by atoms with Gasteiger partial charge in [0.25, 0.3) is 0 Å². The van der Waals surface area contributed by atoms with Crippen molar-refractivity contribution in [3.05, 3.63) is 35.4 Å². The molecule has 0 aliphatic heterocycles. The van der Waals surface area contributed by atoms with E-state index in [4.69, 9.17) is 22.7 Å². The van der Waals surface area contributed by atoms with E-state index in [1.165, 1.54) is 0 Å². The van der Waals surface area contributed by atoms with Gasteiger partial charge in [0, 0.05) is 12.1 Å². The lowest BCUT2D eigenvalue weighted by molar-refractivity contribution is 0.0129. The lowest BCUT2D eigenvalue weighted by atomic mass is 9.98. The van der Waals surface area contributed by atoms with Crippen molar-refractivity contribution in [2.75, 3.05) is 6.54 Å². The molecule has 0 fully saturated rings. The molecule has 1 amide bonds. The van der Waals surface area contributed by atoms with Gasteiger partial charge in [-0.3, -0.25) is 0 Å². The molecule has 0 spiro atoms. The van der Waals surface area contributed by atoms with Crippen LogP contribution in [0.3, 0.4) is 0 Å². The van der Waals surface area contributed by atoms with Gasteiger partial charge in [-0.1, -0.05) is 36.5 Å². The molecule has 5 N–H and O–H groups in total. The minimum Gasteiger partial charge on any atom is -0.444 e. The van der Waals surface area contributed by atoms with Crippen molar-refractivity contribution in [2.24, 2.45) is 5.73 Å². The third kappa shape index (κ3) is 5.59. The van der Waals surface area contributed by atoms with Crippen LogP contribution in [0.2, 0.25) is 0 Å². The molecule has 22 heavy (non-hydrogen) atoms. The monoisotopic (exact) mass is 326 g/mol. The summed E-state index contributed by atoms with van der Waals surface area (Å²) in [6.07, 6.45) is -3.11. The van der Waals surface area contributed by atoms with E-state index in [0.717, 1.165) is 0 Å². The number of hydrogen-bond acceptors (Lipinski definition) is 5. The molecule has 2 atom stereocenters. The van der Waals surface area contributed by atoms with Gasteiger partial charge in [0.05, 0.1) is 0 Å². The number of thiocarbonyl (C=S) groups is 1. The van der Waals surface area contributed by atoms with Crippen LogP contribution in [0.1, 0.15) is 38.0 Å². The average Bonchev–Trinajstić information content (AvgIpc) is 2.42. The summed E-state index contributed by atoms with van der Waals surface area (Å²) < 4.78 is 5.05. The summed E-state index contributed by atoms with van der Waals surface area (Å²) in [7, 11) is 0. The molecule has 0 bridgehead atoms. The average molecular weight is 326 g/mol. The van der Waals surface area contributed by atoms with E-state index in [9.17, 15) is 15.0 Å². The SMILES string of the molecule is CC(C)(C)OC(=O)NCC(O)C(O)c1ccccc1C(N)=S. The zero-order valence-electron chi connectivity index (χ0n) is 12.9. The minimum atomic E-state index is -1.23. The Kier molecular flexibility index (Phi) is 6.28. The highest BCUT2D eigenvalue weighted by Crippen LogP contribution is 2.21. The Labute approximate surface area is 135 Å². The molecule has 2 unspecified atom stereocenters. The molecule has 0 heterocycles. The fraction of sp³-hybridized carbons (Fsp3) is 0.467. The van der Waals surface area contributed by atoms with Crippen LogP contribution in [0.15, 0.2) is 24.3 Å². The molecule has 7 heteroatoms. The second-order valence-corrected chi connectivity index (χ2v) is 6.29. The van der Waals surface area contributed by atoms with Gasteiger partial charge in [-0.05, 0) is 26.3 Å². The van der Waals surface area contributed by atoms with Crippen LogP contribution in [-0.2, 0) is 4.74 Å². The van der Waals surface area contributed by atoms with Crippen LogP contribution < -0.4 is 11.1 Å². The standard InChI is InChI=1S/C15H22N2O4S/c1-15(2,3)21-14(20)17-8-11(18)12(19)9-6-4-5-7-10(9)13(16)22/h4-7,11-12,18-19H,8H2,1-3H3,(H2,16,22)(H,17,20). The summed E-state index contributed by atoms with van der Waals surface area (Å²) in [5.41, 5.74) is 5.86. The fourth-order valence-corrected chi connectivity index (χ4v) is 1.99. The molecular formula is C15H22N2O4S. The van der Waals surface area contributed by atoms with Crippen LogP contribution >= 0.6 is 12.2 Å². The van der Waals surface area contributed by atoms with E-state index in [1.54, 1.807) is 45.0 Å². The van der Waals surface area contributed by atoms with Crippen molar-refractivity contribution in [2.45, 2.75) is 38.6 Å². The van der Waals surface area contributed by atoms with Crippen LogP contribution in [0, 0.1) is 0 Å². The summed E-state index contributed by atoms with van der Waals surface area (Å²) in [5, 5.41) is 22.6. The van der Waals surface area contributed by atoms with Gasteiger partial charge < -0.3 is 26.0 Å². The molecule has 122 valence electrons. The molecule has 1 aromatic carbocycles. The topological polar surface area (TPSA) is 105 Å². The van der Waals surface area contributed by atoms with Gasteiger partial charge in [-0.25, -0.2) is 4.79 Å². The molecule has 1 rings (SSSR count). The highest BCUT2D eigenvalue weighted by atomic mass is 32.1. The van der Waals surface area contributed by atoms with Crippen LogP contribution in [0.5, 0.6) is 0 Å².